The smallest absolute Gasteiger partial charge is 0.331 e. The number of carbonyl (C=O) groups is 6. The molecule has 0 saturated heterocycles. The van der Waals surface area contributed by atoms with E-state index in [9.17, 15) is 28.8 Å². The molecule has 0 heterocycles. The summed E-state index contributed by atoms with van der Waals surface area (Å²) < 4.78 is 0. The third-order valence-electron chi connectivity index (χ3n) is 5.74. The zero-order valence-corrected chi connectivity index (χ0v) is 30.7. The molecule has 0 aliphatic heterocycles. The van der Waals surface area contributed by atoms with Crippen molar-refractivity contribution in [1.82, 2.24) is 0 Å². The van der Waals surface area contributed by atoms with Crippen LogP contribution in [-0.4, -0.2) is 34.7 Å². The van der Waals surface area contributed by atoms with Gasteiger partial charge in [-0.05, 0) is 0 Å². The fourth-order valence-electron chi connectivity index (χ4n) is 1.95. The van der Waals surface area contributed by atoms with Crippen molar-refractivity contribution in [3.05, 3.63) is 20.8 Å². The molecule has 0 amide bonds. The molecule has 0 atom stereocenters. The topological polar surface area (TPSA) is 102 Å². The standard InChI is InChI=1S/3C11H19O2.Sm/c3*1-10(2,3)8(12)7-9(13)11(4,5)6;/h3*1,7H2,2-6H3;/q3*-1;+3. The molecule has 1 radical (unpaired) electrons. The Morgan fingerprint density at radius 2 is 0.475 bits per heavy atom. The summed E-state index contributed by atoms with van der Waals surface area (Å²) in [6.07, 6.45) is -0.000000000000000666. The second-order valence-corrected chi connectivity index (χ2v) is 15.5. The average Bonchev–Trinajstić information content (AvgIpc) is 2.64. The van der Waals surface area contributed by atoms with Gasteiger partial charge in [0.2, 0.25) is 0 Å². The molecule has 0 aromatic rings. The molecule has 6 nitrogen and oxygen atoms in total. The Balaban J connectivity index is -0.000000240. The molecule has 0 aliphatic carbocycles. The molecule has 0 aromatic carbocycles. The predicted octanol–water partition coefficient (Wildman–Crippen LogP) is 7.26. The van der Waals surface area contributed by atoms with Crippen molar-refractivity contribution in [3.63, 3.8) is 0 Å². The van der Waals surface area contributed by atoms with Crippen molar-refractivity contribution in [2.24, 2.45) is 32.5 Å². The largest absolute Gasteiger partial charge is 3.00 e. The van der Waals surface area contributed by atoms with Crippen molar-refractivity contribution in [2.45, 2.75) is 123 Å². The van der Waals surface area contributed by atoms with Crippen molar-refractivity contribution in [2.75, 3.05) is 0 Å². The van der Waals surface area contributed by atoms with Crippen LogP contribution < -0.4 is 0 Å². The molecular weight excluding hydrogens is 643 g/mol. The van der Waals surface area contributed by atoms with E-state index < -0.39 is 32.5 Å². The molecule has 7 heteroatoms. The molecule has 231 valence electrons. The van der Waals surface area contributed by atoms with Gasteiger partial charge in [0.15, 0.2) is 0 Å². The second-order valence-electron chi connectivity index (χ2n) is 15.5. The Kier molecular flexibility index (Phi) is 19.5. The predicted molar refractivity (Wildman–Crippen MR) is 160 cm³/mol. The molecule has 0 bridgehead atoms. The van der Waals surface area contributed by atoms with Crippen LogP contribution in [0.1, 0.15) is 123 Å². The molecule has 0 spiro atoms. The summed E-state index contributed by atoms with van der Waals surface area (Å²) in [4.78, 5) is 68.7. The van der Waals surface area contributed by atoms with Crippen molar-refractivity contribution in [1.29, 1.82) is 0 Å². The van der Waals surface area contributed by atoms with E-state index in [1.54, 1.807) is 41.5 Å². The Morgan fingerprint density at radius 1 is 0.350 bits per heavy atom. The molecule has 0 saturated carbocycles. The number of ketones is 6. The van der Waals surface area contributed by atoms with Crippen LogP contribution in [-0.2, 0) is 28.8 Å². The second kappa shape index (κ2) is 16.9. The summed E-state index contributed by atoms with van der Waals surface area (Å²) in [5.41, 5.74) is -3.24. The average molecular weight is 700 g/mol. The normalized spacial score (nSPS) is 12.4. The van der Waals surface area contributed by atoms with E-state index in [0.717, 1.165) is 0 Å². The van der Waals surface area contributed by atoms with Gasteiger partial charge in [-0.2, -0.15) is 0 Å². The maximum absolute atomic E-state index is 11.5. The molecule has 0 rings (SSSR count). The monoisotopic (exact) mass is 701 g/mol. The summed E-state index contributed by atoms with van der Waals surface area (Å²) in [6, 6.07) is 0. The van der Waals surface area contributed by atoms with Gasteiger partial charge in [-0.25, -0.2) is 0 Å². The molecule has 0 aromatic heterocycles. The maximum atomic E-state index is 11.5. The fourth-order valence-corrected chi connectivity index (χ4v) is 1.95. The fraction of sp³-hybridized carbons (Fsp3) is 0.727. The zero-order chi connectivity index (χ0) is 32.6. The maximum Gasteiger partial charge on any atom is 3.00 e. The van der Waals surface area contributed by atoms with Gasteiger partial charge < -0.3 is 35.2 Å². The summed E-state index contributed by atoms with van der Waals surface area (Å²) >= 11 is 0. The molecule has 0 N–H and O–H groups in total. The third kappa shape index (κ3) is 22.0. The molecule has 0 fully saturated rings. The first kappa shape index (κ1) is 46.3. The van der Waals surface area contributed by atoms with Crippen molar-refractivity contribution in [3.8, 4) is 0 Å². The Bertz CT molecular complexity index is 693. The Morgan fingerprint density at radius 3 is 0.550 bits per heavy atom. The number of Topliss-reactive ketones (excluding diaryl/α,β-unsaturated/α-hetero) is 6. The van der Waals surface area contributed by atoms with Crippen LogP contribution >= 0.6 is 0 Å². The zero-order valence-electron chi connectivity index (χ0n) is 28.1. The molecule has 0 unspecified atom stereocenters. The van der Waals surface area contributed by atoms with Crippen LogP contribution in [0.25, 0.3) is 0 Å². The number of rotatable bonds is 9. The third-order valence-corrected chi connectivity index (χ3v) is 5.74. The van der Waals surface area contributed by atoms with E-state index in [4.69, 9.17) is 0 Å². The van der Waals surface area contributed by atoms with Crippen LogP contribution in [0, 0.1) is 93.6 Å². The Labute approximate surface area is 278 Å². The number of carbonyl (C=O) groups excluding carboxylic acids is 6. The molecule has 0 aliphatic rings. The van der Waals surface area contributed by atoms with E-state index in [2.05, 4.69) is 20.8 Å². The summed E-state index contributed by atoms with van der Waals surface area (Å²) in [5, 5.41) is 0. The van der Waals surface area contributed by atoms with Crippen LogP contribution in [0.2, 0.25) is 0 Å². The quantitative estimate of drug-likeness (QED) is 0.185. The number of hydrogen-bond donors (Lipinski definition) is 0. The first-order valence-corrected chi connectivity index (χ1v) is 13.4. The summed E-state index contributed by atoms with van der Waals surface area (Å²) in [5.74, 6) is -0.329. The van der Waals surface area contributed by atoms with E-state index in [1.807, 2.05) is 62.3 Å². The SMILES string of the molecule is [CH2-]C(C)(C)C(=O)CC(=O)C(C)(C)C.[CH2-]C(C)(C)C(=O)CC(=O)C(C)(C)C.[CH2-]C(C)(C)C(=O)CC(=O)C(C)(C)C.[Sm+3]. The Hall–Kier alpha value is -0.642. The van der Waals surface area contributed by atoms with Crippen LogP contribution in [0.4, 0.5) is 0 Å². The van der Waals surface area contributed by atoms with Gasteiger partial charge in [-0.15, -0.1) is 16.2 Å². The van der Waals surface area contributed by atoms with E-state index >= 15 is 0 Å². The van der Waals surface area contributed by atoms with Gasteiger partial charge in [-0.1, -0.05) is 104 Å². The van der Waals surface area contributed by atoms with Gasteiger partial charge in [0.05, 0.1) is 19.3 Å². The summed E-state index contributed by atoms with van der Waals surface area (Å²) in [7, 11) is 0. The minimum absolute atomic E-state index is 0. The molecular formula is C33H57O6Sm. The van der Waals surface area contributed by atoms with Crippen LogP contribution in [0.5, 0.6) is 0 Å². The van der Waals surface area contributed by atoms with Gasteiger partial charge in [0, 0.05) is 16.2 Å². The molecule has 40 heavy (non-hydrogen) atoms. The minimum Gasteiger partial charge on any atom is -0.331 e. The van der Waals surface area contributed by atoms with Gasteiger partial charge in [0.1, 0.15) is 34.7 Å². The minimum atomic E-state index is -0.652. The van der Waals surface area contributed by atoms with Crippen LogP contribution in [0.15, 0.2) is 0 Å². The van der Waals surface area contributed by atoms with Gasteiger partial charge in [-0.3, -0.25) is 14.4 Å². The van der Waals surface area contributed by atoms with E-state index in [1.165, 1.54) is 0 Å². The van der Waals surface area contributed by atoms with E-state index in [-0.39, 0.29) is 94.4 Å². The van der Waals surface area contributed by atoms with Gasteiger partial charge >= 0.3 is 40.4 Å². The van der Waals surface area contributed by atoms with Crippen molar-refractivity contribution < 1.29 is 69.2 Å². The first-order valence-electron chi connectivity index (χ1n) is 13.4. The van der Waals surface area contributed by atoms with Crippen LogP contribution in [0.3, 0.4) is 0 Å². The number of hydrogen-bond acceptors (Lipinski definition) is 6. The summed E-state index contributed by atoms with van der Waals surface area (Å²) in [6.45, 7) is 37.8. The van der Waals surface area contributed by atoms with Gasteiger partial charge in [0.25, 0.3) is 0 Å². The first-order chi connectivity index (χ1) is 16.6. The van der Waals surface area contributed by atoms with Crippen molar-refractivity contribution >= 4 is 34.7 Å². The van der Waals surface area contributed by atoms with E-state index in [0.29, 0.717) is 0 Å².